The van der Waals surface area contributed by atoms with Crippen LogP contribution >= 0.6 is 0 Å². The van der Waals surface area contributed by atoms with Crippen molar-refractivity contribution < 1.29 is 0 Å². The van der Waals surface area contributed by atoms with Crippen molar-refractivity contribution in [2.24, 2.45) is 0 Å². The lowest BCUT2D eigenvalue weighted by atomic mass is 10.0. The Kier molecular flexibility index (Phi) is 21.3. The molecule has 0 fully saturated rings. The van der Waals surface area contributed by atoms with Crippen LogP contribution in [0.25, 0.3) is 0 Å². The molecule has 0 bridgehead atoms. The van der Waals surface area contributed by atoms with Crippen molar-refractivity contribution >= 4 is 0 Å². The van der Waals surface area contributed by atoms with Gasteiger partial charge in [-0.2, -0.15) is 0 Å². The maximum absolute atomic E-state index is 2.68. The van der Waals surface area contributed by atoms with Crippen molar-refractivity contribution in [2.45, 2.75) is 175 Å². The first kappa shape index (κ1) is 30.4. The summed E-state index contributed by atoms with van der Waals surface area (Å²) < 4.78 is 0. The summed E-state index contributed by atoms with van der Waals surface area (Å²) >= 11 is 0. The Morgan fingerprint density at radius 2 is 0.697 bits per heavy atom. The van der Waals surface area contributed by atoms with Crippen LogP contribution in [0, 0.1) is 0 Å². The summed E-state index contributed by atoms with van der Waals surface area (Å²) in [6.07, 6.45) is 38.0. The van der Waals surface area contributed by atoms with Crippen LogP contribution in [0.2, 0.25) is 0 Å². The Bertz CT molecular complexity index is 419. The SMILES string of the molecule is CCCCCCCCCCCCCC1N(CCCCCC)C=CN1CCCCCCCCC. The van der Waals surface area contributed by atoms with Crippen molar-refractivity contribution in [2.75, 3.05) is 13.1 Å². The van der Waals surface area contributed by atoms with Gasteiger partial charge in [0, 0.05) is 25.5 Å². The van der Waals surface area contributed by atoms with Gasteiger partial charge in [0.25, 0.3) is 0 Å². The smallest absolute Gasteiger partial charge is 0.101 e. The molecule has 0 saturated heterocycles. The molecule has 1 unspecified atom stereocenters. The highest BCUT2D eigenvalue weighted by atomic mass is 15.4. The second-order valence-electron chi connectivity index (χ2n) is 10.8. The second kappa shape index (κ2) is 23.1. The third-order valence-electron chi connectivity index (χ3n) is 7.57. The van der Waals surface area contributed by atoms with Gasteiger partial charge < -0.3 is 9.80 Å². The first-order valence-corrected chi connectivity index (χ1v) is 15.5. The van der Waals surface area contributed by atoms with Crippen LogP contribution in [0.15, 0.2) is 12.4 Å². The van der Waals surface area contributed by atoms with Crippen molar-refractivity contribution in [1.82, 2.24) is 9.80 Å². The molecule has 1 aliphatic heterocycles. The topological polar surface area (TPSA) is 6.48 Å². The fourth-order valence-corrected chi connectivity index (χ4v) is 5.30. The average molecular weight is 463 g/mol. The predicted octanol–water partition coefficient (Wildman–Crippen LogP) is 10.4. The van der Waals surface area contributed by atoms with Gasteiger partial charge in [0.2, 0.25) is 0 Å². The number of hydrogen-bond acceptors (Lipinski definition) is 2. The fraction of sp³-hybridized carbons (Fsp3) is 0.935. The molecule has 1 rings (SSSR count). The minimum atomic E-state index is 0.644. The second-order valence-corrected chi connectivity index (χ2v) is 10.8. The number of rotatable bonds is 25. The highest BCUT2D eigenvalue weighted by Crippen LogP contribution is 2.24. The maximum Gasteiger partial charge on any atom is 0.101 e. The molecular weight excluding hydrogens is 400 g/mol. The maximum atomic E-state index is 2.68. The van der Waals surface area contributed by atoms with Crippen LogP contribution in [0.5, 0.6) is 0 Å². The normalized spacial score (nSPS) is 15.8. The largest absolute Gasteiger partial charge is 0.356 e. The molecule has 0 spiro atoms. The Labute approximate surface area is 210 Å². The summed E-state index contributed by atoms with van der Waals surface area (Å²) in [5.41, 5.74) is 0. The van der Waals surface area contributed by atoms with Crippen molar-refractivity contribution in [3.05, 3.63) is 12.4 Å². The van der Waals surface area contributed by atoms with Gasteiger partial charge in [0.1, 0.15) is 6.17 Å². The van der Waals surface area contributed by atoms with E-state index >= 15 is 0 Å². The van der Waals surface area contributed by atoms with E-state index in [0.717, 1.165) is 0 Å². The summed E-state index contributed by atoms with van der Waals surface area (Å²) in [6.45, 7) is 9.45. The Morgan fingerprint density at radius 3 is 1.09 bits per heavy atom. The highest BCUT2D eigenvalue weighted by Gasteiger charge is 2.24. The first-order valence-electron chi connectivity index (χ1n) is 15.5. The molecule has 2 heteroatoms. The van der Waals surface area contributed by atoms with E-state index in [4.69, 9.17) is 0 Å². The third kappa shape index (κ3) is 16.6. The van der Waals surface area contributed by atoms with Crippen molar-refractivity contribution in [3.63, 3.8) is 0 Å². The van der Waals surface area contributed by atoms with E-state index in [-0.39, 0.29) is 0 Å². The molecular formula is C31H62N2. The molecule has 0 aromatic heterocycles. The van der Waals surface area contributed by atoms with E-state index in [0.29, 0.717) is 6.17 Å². The van der Waals surface area contributed by atoms with Crippen molar-refractivity contribution in [3.8, 4) is 0 Å². The zero-order chi connectivity index (χ0) is 23.8. The first-order chi connectivity index (χ1) is 16.3. The van der Waals surface area contributed by atoms with E-state index in [1.54, 1.807) is 0 Å². The summed E-state index contributed by atoms with van der Waals surface area (Å²) in [5, 5.41) is 0. The van der Waals surface area contributed by atoms with Crippen LogP contribution in [0.4, 0.5) is 0 Å². The molecule has 0 radical (unpaired) electrons. The van der Waals surface area contributed by atoms with Gasteiger partial charge >= 0.3 is 0 Å². The summed E-state index contributed by atoms with van der Waals surface area (Å²) in [7, 11) is 0. The van der Waals surface area contributed by atoms with Crippen LogP contribution in [-0.2, 0) is 0 Å². The molecule has 1 atom stereocenters. The lowest BCUT2D eigenvalue weighted by molar-refractivity contribution is 0.135. The molecule has 0 aromatic carbocycles. The number of hydrogen-bond donors (Lipinski definition) is 0. The molecule has 33 heavy (non-hydrogen) atoms. The zero-order valence-corrected chi connectivity index (χ0v) is 23.3. The third-order valence-corrected chi connectivity index (χ3v) is 7.57. The van der Waals surface area contributed by atoms with E-state index in [1.807, 2.05) is 0 Å². The van der Waals surface area contributed by atoms with Gasteiger partial charge in [-0.3, -0.25) is 0 Å². The van der Waals surface area contributed by atoms with E-state index in [2.05, 4.69) is 43.0 Å². The van der Waals surface area contributed by atoms with Crippen LogP contribution in [0.3, 0.4) is 0 Å². The van der Waals surface area contributed by atoms with E-state index < -0.39 is 0 Å². The van der Waals surface area contributed by atoms with E-state index in [1.165, 1.54) is 161 Å². The minimum absolute atomic E-state index is 0.644. The standard InChI is InChI=1S/C31H62N2/c1-4-7-10-13-15-16-17-18-19-21-23-26-31-32(27-24-12-9-6-3)29-30-33(31)28-25-22-20-14-11-8-5-2/h29-31H,4-28H2,1-3H3. The van der Waals surface area contributed by atoms with Gasteiger partial charge in [0.05, 0.1) is 0 Å². The Balaban J connectivity index is 2.21. The molecule has 0 aliphatic carbocycles. The summed E-state index contributed by atoms with van der Waals surface area (Å²) in [4.78, 5) is 5.36. The predicted molar refractivity (Wildman–Crippen MR) is 150 cm³/mol. The van der Waals surface area contributed by atoms with Gasteiger partial charge in [-0.05, 0) is 25.7 Å². The molecule has 0 N–H and O–H groups in total. The Hall–Kier alpha value is -0.660. The number of nitrogens with zero attached hydrogens (tertiary/aromatic N) is 2. The highest BCUT2D eigenvalue weighted by molar-refractivity contribution is 4.97. The van der Waals surface area contributed by atoms with Crippen molar-refractivity contribution in [1.29, 1.82) is 0 Å². The molecule has 196 valence electrons. The molecule has 0 aromatic rings. The van der Waals surface area contributed by atoms with Crippen LogP contribution in [0.1, 0.15) is 168 Å². The van der Waals surface area contributed by atoms with Crippen LogP contribution in [-0.4, -0.2) is 29.1 Å². The van der Waals surface area contributed by atoms with Gasteiger partial charge in [-0.15, -0.1) is 0 Å². The van der Waals surface area contributed by atoms with E-state index in [9.17, 15) is 0 Å². The fourth-order valence-electron chi connectivity index (χ4n) is 5.30. The van der Waals surface area contributed by atoms with Gasteiger partial charge in [0.15, 0.2) is 0 Å². The lowest BCUT2D eigenvalue weighted by Gasteiger charge is -2.33. The van der Waals surface area contributed by atoms with Gasteiger partial charge in [-0.1, -0.05) is 143 Å². The zero-order valence-electron chi connectivity index (χ0n) is 23.3. The molecule has 2 nitrogen and oxygen atoms in total. The monoisotopic (exact) mass is 462 g/mol. The quantitative estimate of drug-likeness (QED) is 0.124. The molecule has 0 amide bonds. The lowest BCUT2D eigenvalue weighted by Crippen LogP contribution is -2.39. The molecule has 1 heterocycles. The molecule has 0 saturated carbocycles. The summed E-state index contributed by atoms with van der Waals surface area (Å²) in [6, 6.07) is 0. The van der Waals surface area contributed by atoms with Crippen LogP contribution < -0.4 is 0 Å². The molecule has 1 aliphatic rings. The number of unbranched alkanes of at least 4 members (excludes halogenated alkanes) is 19. The minimum Gasteiger partial charge on any atom is -0.356 e. The summed E-state index contributed by atoms with van der Waals surface area (Å²) in [5.74, 6) is 0. The van der Waals surface area contributed by atoms with Gasteiger partial charge in [-0.25, -0.2) is 0 Å². The average Bonchev–Trinajstić information content (AvgIpc) is 3.21. The Morgan fingerprint density at radius 1 is 0.394 bits per heavy atom.